The summed E-state index contributed by atoms with van der Waals surface area (Å²) in [6.45, 7) is 7.55. The number of morpholine rings is 2. The molecule has 0 bridgehead atoms. The van der Waals surface area contributed by atoms with Gasteiger partial charge in [0, 0.05) is 71.9 Å². The molecule has 2 saturated heterocycles. The van der Waals surface area contributed by atoms with Crippen molar-refractivity contribution in [2.45, 2.75) is 38.6 Å². The van der Waals surface area contributed by atoms with Crippen molar-refractivity contribution in [1.29, 1.82) is 0 Å². The van der Waals surface area contributed by atoms with Crippen LogP contribution in [0, 0.1) is 5.92 Å². The summed E-state index contributed by atoms with van der Waals surface area (Å²) in [5, 5.41) is 11.2. The molecular formula is C63H60N12O4. The third-order valence-corrected chi connectivity index (χ3v) is 14.9. The monoisotopic (exact) mass is 1050 g/mol. The van der Waals surface area contributed by atoms with Crippen LogP contribution in [0.15, 0.2) is 176 Å². The third-order valence-electron chi connectivity index (χ3n) is 14.9. The second-order valence-electron chi connectivity index (χ2n) is 20.1. The van der Waals surface area contributed by atoms with E-state index in [1.165, 1.54) is 43.5 Å². The first-order valence-electron chi connectivity index (χ1n) is 27.4. The van der Waals surface area contributed by atoms with Gasteiger partial charge in [-0.25, -0.2) is 9.97 Å². The predicted molar refractivity (Wildman–Crippen MR) is 312 cm³/mol. The lowest BCUT2D eigenvalue weighted by molar-refractivity contribution is 0.122. The van der Waals surface area contributed by atoms with Crippen LogP contribution in [0.4, 0.5) is 34.4 Å². The Balaban J connectivity index is 0.000000150. The van der Waals surface area contributed by atoms with Crippen molar-refractivity contribution in [1.82, 2.24) is 39.0 Å². The largest absolute Gasteiger partial charge is 0.424 e. The number of anilines is 6. The first kappa shape index (κ1) is 49.5. The molecule has 0 atom stereocenters. The van der Waals surface area contributed by atoms with Gasteiger partial charge in [-0.1, -0.05) is 110 Å². The quantitative estimate of drug-likeness (QED) is 0.112. The molecule has 1 saturated carbocycles. The van der Waals surface area contributed by atoms with Gasteiger partial charge in [0.05, 0.1) is 32.8 Å². The zero-order valence-electron chi connectivity index (χ0n) is 43.8. The second kappa shape index (κ2) is 22.8. The number of hydrogen-bond acceptors (Lipinski definition) is 14. The van der Waals surface area contributed by atoms with Gasteiger partial charge in [-0.05, 0) is 102 Å². The Hall–Kier alpha value is -9.12. The molecular weight excluding hydrogens is 989 g/mol. The smallest absolute Gasteiger partial charge is 0.326 e. The van der Waals surface area contributed by atoms with E-state index >= 15 is 0 Å². The van der Waals surface area contributed by atoms with Gasteiger partial charge < -0.3 is 43.9 Å². The summed E-state index contributed by atoms with van der Waals surface area (Å²) < 4.78 is 27.8. The number of para-hydroxylation sites is 1. The van der Waals surface area contributed by atoms with E-state index in [1.807, 2.05) is 95.8 Å². The SMILES string of the molecule is c1ccc(-n2cnc3c(Nc4ccc(N5CCOCC5)cc4)nc(Oc4cccc5ccccc45)nc32)cc1.c1ccc2c(Oc3nc(Nc4ccc(N5CCOCC5)cc4)c4ncn(CC5CCCCC5)c4n3)cccc2c1. The predicted octanol–water partition coefficient (Wildman–Crippen LogP) is 13.3. The Morgan fingerprint density at radius 3 is 1.49 bits per heavy atom. The highest BCUT2D eigenvalue weighted by molar-refractivity contribution is 5.91. The molecule has 3 fully saturated rings. The highest BCUT2D eigenvalue weighted by Crippen LogP contribution is 2.35. The minimum Gasteiger partial charge on any atom is -0.424 e. The molecule has 2 aliphatic heterocycles. The number of aromatic nitrogens is 8. The fourth-order valence-corrected chi connectivity index (χ4v) is 10.8. The lowest BCUT2D eigenvalue weighted by Gasteiger charge is -2.28. The molecule has 7 aromatic carbocycles. The number of rotatable bonds is 13. The van der Waals surface area contributed by atoms with Crippen LogP contribution in [-0.4, -0.2) is 91.6 Å². The van der Waals surface area contributed by atoms with Crippen molar-refractivity contribution in [3.8, 4) is 29.2 Å². The molecule has 0 spiro atoms. The number of nitrogens with one attached hydrogen (secondary N) is 2. The number of imidazole rings is 2. The Labute approximate surface area is 457 Å². The van der Waals surface area contributed by atoms with Crippen LogP contribution in [0.2, 0.25) is 0 Å². The molecule has 14 rings (SSSR count). The Bertz CT molecular complexity index is 3840. The lowest BCUT2D eigenvalue weighted by atomic mass is 9.89. The van der Waals surface area contributed by atoms with Crippen molar-refractivity contribution in [2.24, 2.45) is 5.92 Å². The molecule has 0 unspecified atom stereocenters. The average molecular weight is 1050 g/mol. The molecule has 4 aromatic heterocycles. The summed E-state index contributed by atoms with van der Waals surface area (Å²) in [5.74, 6) is 3.29. The Kier molecular flexibility index (Phi) is 14.3. The van der Waals surface area contributed by atoms with Crippen LogP contribution >= 0.6 is 0 Å². The van der Waals surface area contributed by atoms with Crippen LogP contribution in [0.5, 0.6) is 23.5 Å². The minimum absolute atomic E-state index is 0.240. The standard InChI is InChI=1S/C32H34N6O2.C31H26N6O2/c1-2-7-23(8-3-1)21-38-22-33-29-30(34-25-13-15-26(16-14-25)37-17-19-39-20-18-37)35-32(36-31(29)38)40-28-12-6-10-24-9-4-5-11-27(24)28;1-2-9-25(10-3-1)37-21-32-28-29(33-23-13-15-24(16-14-23)36-17-19-38-20-18-36)34-31(35-30(28)37)39-27-12-6-8-22-7-4-5-11-26(22)27/h4-6,9-16,22-23H,1-3,7-8,17-21H2,(H,34,35,36);1-16,21H,17-20H2,(H,33,34,35). The van der Waals surface area contributed by atoms with E-state index in [9.17, 15) is 0 Å². The van der Waals surface area contributed by atoms with E-state index in [1.54, 1.807) is 6.33 Å². The molecule has 3 aliphatic rings. The zero-order chi connectivity index (χ0) is 52.7. The Morgan fingerprint density at radius 2 is 0.937 bits per heavy atom. The van der Waals surface area contributed by atoms with Gasteiger partial charge >= 0.3 is 12.0 Å². The first-order chi connectivity index (χ1) is 39.1. The lowest BCUT2D eigenvalue weighted by Crippen LogP contribution is -2.36. The number of nitrogens with zero attached hydrogens (tertiary/aromatic N) is 10. The molecule has 0 radical (unpaired) electrons. The molecule has 79 heavy (non-hydrogen) atoms. The van der Waals surface area contributed by atoms with Crippen LogP contribution in [0.1, 0.15) is 32.1 Å². The molecule has 6 heterocycles. The van der Waals surface area contributed by atoms with E-state index < -0.39 is 0 Å². The normalized spacial score (nSPS) is 15.0. The maximum Gasteiger partial charge on any atom is 0.326 e. The summed E-state index contributed by atoms with van der Waals surface area (Å²) in [7, 11) is 0. The van der Waals surface area contributed by atoms with Crippen LogP contribution in [-0.2, 0) is 16.0 Å². The number of hydrogen-bond donors (Lipinski definition) is 2. The van der Waals surface area contributed by atoms with E-state index in [4.69, 9.17) is 43.9 Å². The Morgan fingerprint density at radius 1 is 0.456 bits per heavy atom. The molecule has 2 N–H and O–H groups in total. The van der Waals surface area contributed by atoms with Gasteiger partial charge in [-0.15, -0.1) is 0 Å². The topological polar surface area (TPSA) is 155 Å². The van der Waals surface area contributed by atoms with Gasteiger partial charge in [-0.3, -0.25) is 4.57 Å². The number of ether oxygens (including phenoxy) is 4. The molecule has 1 aliphatic carbocycles. The van der Waals surface area contributed by atoms with Gasteiger partial charge in [0.1, 0.15) is 17.8 Å². The first-order valence-corrected chi connectivity index (χ1v) is 27.4. The summed E-state index contributed by atoms with van der Waals surface area (Å²) in [5.41, 5.74) is 8.01. The third kappa shape index (κ3) is 11.1. The van der Waals surface area contributed by atoms with Crippen molar-refractivity contribution < 1.29 is 18.9 Å². The van der Waals surface area contributed by atoms with E-state index in [2.05, 4.69) is 109 Å². The van der Waals surface area contributed by atoms with E-state index in [-0.39, 0.29) is 6.01 Å². The maximum absolute atomic E-state index is 6.37. The van der Waals surface area contributed by atoms with E-state index in [0.29, 0.717) is 40.5 Å². The van der Waals surface area contributed by atoms with Crippen molar-refractivity contribution >= 4 is 78.3 Å². The summed E-state index contributed by atoms with van der Waals surface area (Å²) in [6.07, 6.45) is 10.1. The molecule has 11 aromatic rings. The summed E-state index contributed by atoms with van der Waals surface area (Å²) in [6, 6.07) is 55.7. The molecule has 0 amide bonds. The molecule has 396 valence electrons. The fourth-order valence-electron chi connectivity index (χ4n) is 10.8. The van der Waals surface area contributed by atoms with Crippen molar-refractivity contribution in [3.63, 3.8) is 0 Å². The van der Waals surface area contributed by atoms with Crippen molar-refractivity contribution in [3.05, 3.63) is 176 Å². The van der Waals surface area contributed by atoms with Crippen molar-refractivity contribution in [2.75, 3.05) is 73.0 Å². The molecule has 16 heteroatoms. The molecule has 16 nitrogen and oxygen atoms in total. The van der Waals surface area contributed by atoms with Gasteiger partial charge in [0.15, 0.2) is 34.0 Å². The van der Waals surface area contributed by atoms with Gasteiger partial charge in [0.25, 0.3) is 0 Å². The zero-order valence-corrected chi connectivity index (χ0v) is 43.8. The van der Waals surface area contributed by atoms with Gasteiger partial charge in [0.2, 0.25) is 0 Å². The second-order valence-corrected chi connectivity index (χ2v) is 20.1. The van der Waals surface area contributed by atoms with Crippen LogP contribution < -0.4 is 29.9 Å². The highest BCUT2D eigenvalue weighted by atomic mass is 16.5. The number of benzene rings is 7. The van der Waals surface area contributed by atoms with Gasteiger partial charge in [-0.2, -0.15) is 19.9 Å². The van der Waals surface area contributed by atoms with Crippen LogP contribution in [0.3, 0.4) is 0 Å². The van der Waals surface area contributed by atoms with E-state index in [0.717, 1.165) is 115 Å². The average Bonchev–Trinajstić information content (AvgIpc) is 4.18. The summed E-state index contributed by atoms with van der Waals surface area (Å²) >= 11 is 0. The minimum atomic E-state index is 0.240. The summed E-state index contributed by atoms with van der Waals surface area (Å²) in [4.78, 5) is 33.4. The fraction of sp³-hybridized carbons (Fsp3) is 0.238. The number of fused-ring (bicyclic) bond motifs is 4. The highest BCUT2D eigenvalue weighted by Gasteiger charge is 2.22. The van der Waals surface area contributed by atoms with Crippen LogP contribution in [0.25, 0.3) is 49.6 Å². The maximum atomic E-state index is 6.37.